The number of halogens is 1. The van der Waals surface area contributed by atoms with Crippen molar-refractivity contribution in [3.05, 3.63) is 45.4 Å². The van der Waals surface area contributed by atoms with Gasteiger partial charge >= 0.3 is 6.03 Å². The molecule has 2 aromatic rings. The van der Waals surface area contributed by atoms with Gasteiger partial charge in [-0.25, -0.2) is 9.78 Å². The Hall–Kier alpha value is -1.96. The number of anilines is 1. The summed E-state index contributed by atoms with van der Waals surface area (Å²) in [6.07, 6.45) is 5.25. The Morgan fingerprint density at radius 2 is 1.96 bits per heavy atom. The van der Waals surface area contributed by atoms with Gasteiger partial charge in [0.2, 0.25) is 0 Å². The Bertz CT molecular complexity index is 862. The summed E-state index contributed by atoms with van der Waals surface area (Å²) in [7, 11) is 0. The number of thiazole rings is 1. The van der Waals surface area contributed by atoms with E-state index in [9.17, 15) is 9.59 Å². The number of ketones is 1. The lowest BCUT2D eigenvalue weighted by Crippen LogP contribution is -2.36. The molecule has 2 N–H and O–H groups in total. The number of amides is 2. The highest BCUT2D eigenvalue weighted by Gasteiger charge is 2.24. The van der Waals surface area contributed by atoms with E-state index in [2.05, 4.69) is 20.5 Å². The van der Waals surface area contributed by atoms with Gasteiger partial charge in [0.15, 0.2) is 10.9 Å². The molecular formula is C20H23ClN4O2S. The van der Waals surface area contributed by atoms with Crippen molar-refractivity contribution in [3.63, 3.8) is 0 Å². The van der Waals surface area contributed by atoms with Crippen LogP contribution in [0, 0.1) is 0 Å². The molecule has 4 rings (SSSR count). The quantitative estimate of drug-likeness (QED) is 0.717. The maximum Gasteiger partial charge on any atom is 0.321 e. The van der Waals surface area contributed by atoms with Crippen LogP contribution in [-0.2, 0) is 13.0 Å². The fourth-order valence-electron chi connectivity index (χ4n) is 3.76. The minimum Gasteiger partial charge on any atom is -0.335 e. The number of rotatable bonds is 5. The first-order chi connectivity index (χ1) is 13.6. The molecule has 0 radical (unpaired) electrons. The Labute approximate surface area is 173 Å². The third kappa shape index (κ3) is 4.71. The van der Waals surface area contributed by atoms with E-state index in [0.717, 1.165) is 36.4 Å². The molecule has 0 saturated heterocycles. The molecule has 1 saturated carbocycles. The van der Waals surface area contributed by atoms with Crippen LogP contribution >= 0.6 is 22.9 Å². The van der Waals surface area contributed by atoms with Crippen LogP contribution in [0.4, 0.5) is 9.93 Å². The number of carbonyl (C=O) groups excluding carboxylic acids is 2. The van der Waals surface area contributed by atoms with Gasteiger partial charge in [0.25, 0.3) is 0 Å². The number of fused-ring (bicyclic) bond motifs is 1. The average molecular weight is 419 g/mol. The van der Waals surface area contributed by atoms with Crippen molar-refractivity contribution in [2.24, 2.45) is 0 Å². The molecule has 6 nitrogen and oxygen atoms in total. The van der Waals surface area contributed by atoms with Crippen molar-refractivity contribution < 1.29 is 9.59 Å². The van der Waals surface area contributed by atoms with E-state index in [1.807, 2.05) is 0 Å². The maximum atomic E-state index is 12.5. The van der Waals surface area contributed by atoms with Crippen molar-refractivity contribution in [2.75, 3.05) is 18.4 Å². The predicted molar refractivity (Wildman–Crippen MR) is 111 cm³/mol. The number of carbonyl (C=O) groups is 2. The first-order valence-electron chi connectivity index (χ1n) is 9.64. The number of hydrogen-bond acceptors (Lipinski definition) is 5. The molecule has 148 valence electrons. The lowest BCUT2D eigenvalue weighted by molar-refractivity contribution is 0.0922. The van der Waals surface area contributed by atoms with E-state index >= 15 is 0 Å². The molecule has 2 heterocycles. The molecule has 0 atom stereocenters. The summed E-state index contributed by atoms with van der Waals surface area (Å²) in [4.78, 5) is 32.5. The number of benzene rings is 1. The van der Waals surface area contributed by atoms with E-state index in [4.69, 9.17) is 11.6 Å². The highest BCUT2D eigenvalue weighted by Crippen LogP contribution is 2.28. The van der Waals surface area contributed by atoms with Gasteiger partial charge in [-0.05, 0) is 37.1 Å². The molecule has 1 aromatic carbocycles. The summed E-state index contributed by atoms with van der Waals surface area (Å²) in [5.41, 5.74) is 1.70. The third-order valence-electron chi connectivity index (χ3n) is 5.25. The Morgan fingerprint density at radius 1 is 1.21 bits per heavy atom. The normalized spacial score (nSPS) is 17.3. The van der Waals surface area contributed by atoms with Crippen LogP contribution in [0.5, 0.6) is 0 Å². The summed E-state index contributed by atoms with van der Waals surface area (Å²) < 4.78 is 0. The lowest BCUT2D eigenvalue weighted by Gasteiger charge is -2.25. The minimum atomic E-state index is -0.173. The number of hydrogen-bond donors (Lipinski definition) is 2. The summed E-state index contributed by atoms with van der Waals surface area (Å²) in [6, 6.07) is 7.11. The molecule has 8 heteroatoms. The van der Waals surface area contributed by atoms with Crippen LogP contribution in [0.25, 0.3) is 0 Å². The highest BCUT2D eigenvalue weighted by molar-refractivity contribution is 7.15. The van der Waals surface area contributed by atoms with Crippen molar-refractivity contribution in [1.29, 1.82) is 0 Å². The molecule has 0 unspecified atom stereocenters. The van der Waals surface area contributed by atoms with E-state index < -0.39 is 0 Å². The van der Waals surface area contributed by atoms with Crippen LogP contribution in [0.3, 0.4) is 0 Å². The fraction of sp³-hybridized carbons (Fsp3) is 0.450. The van der Waals surface area contributed by atoms with Crippen molar-refractivity contribution in [2.45, 2.75) is 44.7 Å². The van der Waals surface area contributed by atoms with Crippen molar-refractivity contribution in [3.8, 4) is 0 Å². The van der Waals surface area contributed by atoms with Crippen molar-refractivity contribution in [1.82, 2.24) is 15.2 Å². The predicted octanol–water partition coefficient (Wildman–Crippen LogP) is 4.10. The molecule has 28 heavy (non-hydrogen) atoms. The standard InChI is InChI=1S/C20H23ClN4O2S/c21-14-7-5-13(6-8-14)17(26)11-25-10-9-16-18(12-25)28-20(23-16)24-19(27)22-15-3-1-2-4-15/h5-8,15H,1-4,9-12H2,(H2,22,23,24,27). The van der Waals surface area contributed by atoms with Crippen LogP contribution < -0.4 is 10.6 Å². The van der Waals surface area contributed by atoms with E-state index in [0.29, 0.717) is 28.8 Å². The first-order valence-corrected chi connectivity index (χ1v) is 10.8. The summed E-state index contributed by atoms with van der Waals surface area (Å²) in [5.74, 6) is 0.0823. The van der Waals surface area contributed by atoms with Crippen LogP contribution in [0.1, 0.15) is 46.6 Å². The minimum absolute atomic E-state index is 0.0823. The molecule has 1 aromatic heterocycles. The smallest absolute Gasteiger partial charge is 0.321 e. The molecule has 1 aliphatic carbocycles. The van der Waals surface area contributed by atoms with Crippen LogP contribution in [-0.4, -0.2) is 40.8 Å². The van der Waals surface area contributed by atoms with Gasteiger partial charge in [-0.2, -0.15) is 0 Å². The maximum absolute atomic E-state index is 12.5. The first kappa shape index (κ1) is 19.4. The molecule has 2 amide bonds. The van der Waals surface area contributed by atoms with Gasteiger partial charge in [-0.1, -0.05) is 24.4 Å². The molecule has 0 spiro atoms. The molecule has 0 bridgehead atoms. The molecule has 1 aliphatic heterocycles. The zero-order valence-corrected chi connectivity index (χ0v) is 17.1. The van der Waals surface area contributed by atoms with Gasteiger partial charge in [-0.3, -0.25) is 15.0 Å². The molecule has 1 fully saturated rings. The van der Waals surface area contributed by atoms with Crippen LogP contribution in [0.2, 0.25) is 5.02 Å². The second-order valence-electron chi connectivity index (χ2n) is 7.36. The van der Waals surface area contributed by atoms with E-state index in [1.165, 1.54) is 24.2 Å². The SMILES string of the molecule is O=C(Nc1nc2c(s1)CN(CC(=O)c1ccc(Cl)cc1)CC2)NC1CCCC1. The van der Waals surface area contributed by atoms with Crippen LogP contribution in [0.15, 0.2) is 24.3 Å². The third-order valence-corrected chi connectivity index (χ3v) is 6.50. The van der Waals surface area contributed by atoms with Gasteiger partial charge in [0.1, 0.15) is 0 Å². The number of Topliss-reactive ketones (excluding diaryl/α,β-unsaturated/α-hetero) is 1. The topological polar surface area (TPSA) is 74.3 Å². The average Bonchev–Trinajstić information content (AvgIpc) is 3.31. The zero-order chi connectivity index (χ0) is 19.5. The monoisotopic (exact) mass is 418 g/mol. The zero-order valence-electron chi connectivity index (χ0n) is 15.5. The lowest BCUT2D eigenvalue weighted by atomic mass is 10.1. The molecular weight excluding hydrogens is 396 g/mol. The van der Waals surface area contributed by atoms with Gasteiger partial charge in [0, 0.05) is 41.0 Å². The summed E-state index contributed by atoms with van der Waals surface area (Å²) >= 11 is 7.39. The second-order valence-corrected chi connectivity index (χ2v) is 8.88. The largest absolute Gasteiger partial charge is 0.335 e. The Kier molecular flexibility index (Phi) is 5.94. The Morgan fingerprint density at radius 3 is 2.71 bits per heavy atom. The molecule has 2 aliphatic rings. The number of nitrogens with one attached hydrogen (secondary N) is 2. The summed E-state index contributed by atoms with van der Waals surface area (Å²) in [6.45, 7) is 1.83. The van der Waals surface area contributed by atoms with Crippen molar-refractivity contribution >= 4 is 39.9 Å². The highest BCUT2D eigenvalue weighted by atomic mass is 35.5. The number of nitrogens with zero attached hydrogens (tertiary/aromatic N) is 2. The van der Waals surface area contributed by atoms with Gasteiger partial charge in [0.05, 0.1) is 12.2 Å². The van der Waals surface area contributed by atoms with E-state index in [1.54, 1.807) is 24.3 Å². The fourth-order valence-corrected chi connectivity index (χ4v) is 4.93. The number of aromatic nitrogens is 1. The second kappa shape index (κ2) is 8.59. The van der Waals surface area contributed by atoms with E-state index in [-0.39, 0.29) is 17.9 Å². The van der Waals surface area contributed by atoms with Gasteiger partial charge < -0.3 is 5.32 Å². The summed E-state index contributed by atoms with van der Waals surface area (Å²) in [5, 5.41) is 7.15. The Balaban J connectivity index is 1.33. The number of urea groups is 1. The van der Waals surface area contributed by atoms with Gasteiger partial charge in [-0.15, -0.1) is 11.3 Å².